The standard InChI is InChI=1S/C10H15N3O3/c1-6(2)9(14)13-5-12-4-7(13)3-8(11)10(15)16/h4-6,8H,3,11H2,1-2H3,(H,15,16). The van der Waals surface area contributed by atoms with Gasteiger partial charge in [0.25, 0.3) is 0 Å². The van der Waals surface area contributed by atoms with E-state index in [1.165, 1.54) is 17.1 Å². The molecule has 0 saturated carbocycles. The zero-order valence-electron chi connectivity index (χ0n) is 9.25. The highest BCUT2D eigenvalue weighted by molar-refractivity contribution is 5.81. The Labute approximate surface area is 93.1 Å². The zero-order valence-corrected chi connectivity index (χ0v) is 9.25. The first-order valence-electron chi connectivity index (χ1n) is 4.97. The second-order valence-corrected chi connectivity index (χ2v) is 3.90. The van der Waals surface area contributed by atoms with Crippen molar-refractivity contribution in [3.05, 3.63) is 18.2 Å². The van der Waals surface area contributed by atoms with Crippen LogP contribution in [0.25, 0.3) is 0 Å². The number of carboxylic acid groups (broad SMARTS) is 1. The first-order valence-corrected chi connectivity index (χ1v) is 4.97. The highest BCUT2D eigenvalue weighted by Gasteiger charge is 2.18. The van der Waals surface area contributed by atoms with Crippen LogP contribution in [-0.2, 0) is 11.2 Å². The largest absolute Gasteiger partial charge is 0.480 e. The predicted molar refractivity (Wildman–Crippen MR) is 57.0 cm³/mol. The molecule has 0 bridgehead atoms. The SMILES string of the molecule is CC(C)C(=O)n1cncc1CC(N)C(=O)O. The first kappa shape index (κ1) is 12.4. The van der Waals surface area contributed by atoms with Gasteiger partial charge in [0, 0.05) is 24.2 Å². The molecule has 1 heterocycles. The van der Waals surface area contributed by atoms with Gasteiger partial charge in [-0.2, -0.15) is 0 Å². The molecular weight excluding hydrogens is 210 g/mol. The fourth-order valence-electron chi connectivity index (χ4n) is 1.26. The number of hydrogen-bond acceptors (Lipinski definition) is 4. The van der Waals surface area contributed by atoms with E-state index in [1.807, 2.05) is 0 Å². The molecule has 1 aromatic heterocycles. The Morgan fingerprint density at radius 1 is 1.56 bits per heavy atom. The lowest BCUT2D eigenvalue weighted by Gasteiger charge is -2.10. The van der Waals surface area contributed by atoms with Crippen LogP contribution in [0.1, 0.15) is 24.3 Å². The van der Waals surface area contributed by atoms with Crippen molar-refractivity contribution in [3.8, 4) is 0 Å². The van der Waals surface area contributed by atoms with Crippen molar-refractivity contribution in [3.63, 3.8) is 0 Å². The van der Waals surface area contributed by atoms with E-state index < -0.39 is 12.0 Å². The van der Waals surface area contributed by atoms with Gasteiger partial charge in [0.2, 0.25) is 5.91 Å². The quantitative estimate of drug-likeness (QED) is 0.759. The first-order chi connectivity index (χ1) is 7.43. The second-order valence-electron chi connectivity index (χ2n) is 3.90. The molecule has 1 atom stereocenters. The van der Waals surface area contributed by atoms with Crippen molar-refractivity contribution in [2.45, 2.75) is 26.3 Å². The summed E-state index contributed by atoms with van der Waals surface area (Å²) in [5.41, 5.74) is 5.92. The van der Waals surface area contributed by atoms with Crippen LogP contribution in [0, 0.1) is 5.92 Å². The van der Waals surface area contributed by atoms with E-state index in [-0.39, 0.29) is 18.2 Å². The number of aliphatic carboxylic acids is 1. The Kier molecular flexibility index (Phi) is 3.78. The molecule has 3 N–H and O–H groups in total. The summed E-state index contributed by atoms with van der Waals surface area (Å²) in [7, 11) is 0. The topological polar surface area (TPSA) is 98.2 Å². The van der Waals surface area contributed by atoms with Crippen LogP contribution in [0.5, 0.6) is 0 Å². The van der Waals surface area contributed by atoms with Crippen molar-refractivity contribution in [1.82, 2.24) is 9.55 Å². The summed E-state index contributed by atoms with van der Waals surface area (Å²) in [5, 5.41) is 8.68. The highest BCUT2D eigenvalue weighted by Crippen LogP contribution is 2.07. The molecule has 16 heavy (non-hydrogen) atoms. The summed E-state index contributed by atoms with van der Waals surface area (Å²) in [6.07, 6.45) is 2.93. The van der Waals surface area contributed by atoms with E-state index >= 15 is 0 Å². The lowest BCUT2D eigenvalue weighted by Crippen LogP contribution is -2.33. The molecule has 0 aliphatic rings. The van der Waals surface area contributed by atoms with E-state index in [0.29, 0.717) is 5.69 Å². The number of carbonyl (C=O) groups excluding carboxylic acids is 1. The van der Waals surface area contributed by atoms with Crippen LogP contribution in [0.4, 0.5) is 0 Å². The number of imidazole rings is 1. The number of hydrogen-bond donors (Lipinski definition) is 2. The van der Waals surface area contributed by atoms with E-state index in [4.69, 9.17) is 10.8 Å². The third-order valence-corrected chi connectivity index (χ3v) is 2.19. The Bertz CT molecular complexity index is 398. The Morgan fingerprint density at radius 2 is 2.19 bits per heavy atom. The summed E-state index contributed by atoms with van der Waals surface area (Å²) in [5.74, 6) is -1.39. The van der Waals surface area contributed by atoms with Crippen molar-refractivity contribution in [2.75, 3.05) is 0 Å². The van der Waals surface area contributed by atoms with E-state index in [1.54, 1.807) is 13.8 Å². The summed E-state index contributed by atoms with van der Waals surface area (Å²) in [6.45, 7) is 3.53. The molecule has 6 heteroatoms. The van der Waals surface area contributed by atoms with Gasteiger partial charge in [-0.3, -0.25) is 14.2 Å². The predicted octanol–water partition coefficient (Wildman–Crippen LogP) is 0.134. The molecule has 1 unspecified atom stereocenters. The van der Waals surface area contributed by atoms with Crippen LogP contribution in [0.15, 0.2) is 12.5 Å². The van der Waals surface area contributed by atoms with Crippen LogP contribution in [0.2, 0.25) is 0 Å². The molecule has 0 aliphatic carbocycles. The number of carboxylic acids is 1. The van der Waals surface area contributed by atoms with Crippen LogP contribution < -0.4 is 5.73 Å². The third kappa shape index (κ3) is 2.66. The molecule has 6 nitrogen and oxygen atoms in total. The van der Waals surface area contributed by atoms with Gasteiger partial charge in [-0.15, -0.1) is 0 Å². The van der Waals surface area contributed by atoms with Gasteiger partial charge in [0.1, 0.15) is 12.4 Å². The van der Waals surface area contributed by atoms with Gasteiger partial charge >= 0.3 is 5.97 Å². The molecule has 0 radical (unpaired) electrons. The third-order valence-electron chi connectivity index (χ3n) is 2.19. The summed E-state index contributed by atoms with van der Waals surface area (Å²) in [4.78, 5) is 26.1. The zero-order chi connectivity index (χ0) is 12.3. The lowest BCUT2D eigenvalue weighted by atomic mass is 10.1. The van der Waals surface area contributed by atoms with Gasteiger partial charge in [-0.1, -0.05) is 13.8 Å². The van der Waals surface area contributed by atoms with Gasteiger partial charge in [-0.25, -0.2) is 4.98 Å². The number of nitrogens with zero attached hydrogens (tertiary/aromatic N) is 2. The second kappa shape index (κ2) is 4.89. The smallest absolute Gasteiger partial charge is 0.320 e. The Hall–Kier alpha value is -1.69. The molecule has 0 fully saturated rings. The van der Waals surface area contributed by atoms with E-state index in [2.05, 4.69) is 4.98 Å². The number of nitrogens with two attached hydrogens (primary N) is 1. The van der Waals surface area contributed by atoms with Gasteiger partial charge < -0.3 is 10.8 Å². The van der Waals surface area contributed by atoms with Crippen molar-refractivity contribution >= 4 is 11.9 Å². The van der Waals surface area contributed by atoms with Crippen LogP contribution in [0.3, 0.4) is 0 Å². The van der Waals surface area contributed by atoms with Crippen molar-refractivity contribution in [2.24, 2.45) is 11.7 Å². The van der Waals surface area contributed by atoms with E-state index in [0.717, 1.165) is 0 Å². The van der Waals surface area contributed by atoms with Crippen LogP contribution >= 0.6 is 0 Å². The van der Waals surface area contributed by atoms with Crippen LogP contribution in [-0.4, -0.2) is 32.6 Å². The minimum atomic E-state index is -1.09. The molecule has 88 valence electrons. The number of rotatable bonds is 4. The molecule has 0 spiro atoms. The highest BCUT2D eigenvalue weighted by atomic mass is 16.4. The monoisotopic (exact) mass is 225 g/mol. The molecule has 1 aromatic rings. The average molecular weight is 225 g/mol. The van der Waals surface area contributed by atoms with Gasteiger partial charge in [0.15, 0.2) is 0 Å². The molecular formula is C10H15N3O3. The normalized spacial score (nSPS) is 12.8. The summed E-state index contributed by atoms with van der Waals surface area (Å²) >= 11 is 0. The lowest BCUT2D eigenvalue weighted by molar-refractivity contribution is -0.138. The maximum atomic E-state index is 11.7. The fourth-order valence-corrected chi connectivity index (χ4v) is 1.26. The fraction of sp³-hybridized carbons (Fsp3) is 0.500. The summed E-state index contributed by atoms with van der Waals surface area (Å²) < 4.78 is 1.35. The Balaban J connectivity index is 2.86. The average Bonchev–Trinajstić information content (AvgIpc) is 2.64. The summed E-state index contributed by atoms with van der Waals surface area (Å²) in [6, 6.07) is -1.02. The van der Waals surface area contributed by atoms with Crippen molar-refractivity contribution in [1.29, 1.82) is 0 Å². The number of aromatic nitrogens is 2. The molecule has 0 aromatic carbocycles. The Morgan fingerprint density at radius 3 is 2.69 bits per heavy atom. The minimum Gasteiger partial charge on any atom is -0.480 e. The van der Waals surface area contributed by atoms with Gasteiger partial charge in [-0.05, 0) is 0 Å². The maximum absolute atomic E-state index is 11.7. The van der Waals surface area contributed by atoms with Crippen molar-refractivity contribution < 1.29 is 14.7 Å². The molecule has 1 rings (SSSR count). The minimum absolute atomic E-state index is 0.0911. The molecule has 0 saturated heterocycles. The van der Waals surface area contributed by atoms with Gasteiger partial charge in [0.05, 0.1) is 0 Å². The molecule has 0 amide bonds. The number of carbonyl (C=O) groups is 2. The maximum Gasteiger partial charge on any atom is 0.320 e. The van der Waals surface area contributed by atoms with E-state index in [9.17, 15) is 9.59 Å². The molecule has 0 aliphatic heterocycles.